The second-order valence-electron chi connectivity index (χ2n) is 5.66. The van der Waals surface area contributed by atoms with E-state index in [9.17, 15) is 19.2 Å². The normalized spacial score (nSPS) is 9.55. The summed E-state index contributed by atoms with van der Waals surface area (Å²) in [6, 6.07) is 3.45. The van der Waals surface area contributed by atoms with Crippen LogP contribution in [-0.4, -0.2) is 54.0 Å². The van der Waals surface area contributed by atoms with Crippen molar-refractivity contribution in [3.63, 3.8) is 0 Å². The van der Waals surface area contributed by atoms with Crippen molar-refractivity contribution in [2.75, 3.05) is 0 Å². The minimum atomic E-state index is -1.33. The molecule has 3 rings (SSSR count). The molecule has 0 amide bonds. The van der Waals surface area contributed by atoms with E-state index in [1.165, 1.54) is 0 Å². The first-order chi connectivity index (χ1) is 11.8. The van der Waals surface area contributed by atoms with Crippen LogP contribution >= 0.6 is 0 Å². The van der Waals surface area contributed by atoms with Crippen LogP contribution < -0.4 is 10.9 Å². The van der Waals surface area contributed by atoms with Gasteiger partial charge in [0.25, 0.3) is 0 Å². The molecule has 0 aliphatic heterocycles. The number of aromatic nitrogens is 2. The molecule has 0 aliphatic rings. The lowest BCUT2D eigenvalue weighted by atomic mass is 10.00. The van der Waals surface area contributed by atoms with Gasteiger partial charge in [0.15, 0.2) is 10.9 Å². The molecule has 2 aromatic heterocycles. The number of aromatic amines is 2. The van der Waals surface area contributed by atoms with Crippen LogP contribution in [-0.2, 0) is 6.42 Å². The van der Waals surface area contributed by atoms with Gasteiger partial charge in [-0.05, 0) is 18.1 Å². The van der Waals surface area contributed by atoms with E-state index in [1.54, 1.807) is 6.07 Å². The molecule has 0 unspecified atom stereocenters. The van der Waals surface area contributed by atoms with Gasteiger partial charge in [-0.1, -0.05) is 13.3 Å². The molecular formula is C17H22N2O10. The number of H-pyrrole nitrogens is 2. The Morgan fingerprint density at radius 1 is 0.828 bits per heavy atom. The summed E-state index contributed by atoms with van der Waals surface area (Å²) < 4.78 is 0. The molecule has 29 heavy (non-hydrogen) atoms. The Bertz CT molecular complexity index is 1160. The van der Waals surface area contributed by atoms with E-state index in [2.05, 4.69) is 9.97 Å². The molecule has 0 saturated heterocycles. The van der Waals surface area contributed by atoms with E-state index in [-0.39, 0.29) is 55.1 Å². The first-order valence-corrected chi connectivity index (χ1v) is 7.56. The molecule has 0 spiro atoms. The summed E-state index contributed by atoms with van der Waals surface area (Å²) >= 11 is 0. The van der Waals surface area contributed by atoms with E-state index >= 15 is 0 Å². The topological polar surface area (TPSA) is 266 Å². The van der Waals surface area contributed by atoms with E-state index in [1.807, 2.05) is 6.92 Å². The van der Waals surface area contributed by atoms with Gasteiger partial charge in [-0.3, -0.25) is 9.59 Å². The van der Waals surface area contributed by atoms with E-state index < -0.39 is 22.8 Å². The van der Waals surface area contributed by atoms with Crippen molar-refractivity contribution < 1.29 is 41.7 Å². The van der Waals surface area contributed by atoms with Crippen LogP contribution in [0.4, 0.5) is 0 Å². The van der Waals surface area contributed by atoms with Gasteiger partial charge < -0.3 is 42.1 Å². The summed E-state index contributed by atoms with van der Waals surface area (Å²) in [6.07, 6.45) is 1.23. The van der Waals surface area contributed by atoms with Gasteiger partial charge in [-0.25, -0.2) is 9.59 Å². The Kier molecular flexibility index (Phi) is 9.62. The number of hydrogen-bond acceptors (Lipinski definition) is 4. The Balaban J connectivity index is 0. The molecule has 0 radical (unpaired) electrons. The number of fused-ring (bicyclic) bond motifs is 3. The third-order valence-electron chi connectivity index (χ3n) is 3.97. The van der Waals surface area contributed by atoms with Gasteiger partial charge in [0.2, 0.25) is 0 Å². The molecule has 12 heteroatoms. The molecule has 160 valence electrons. The van der Waals surface area contributed by atoms with Crippen LogP contribution in [0.15, 0.2) is 27.8 Å². The van der Waals surface area contributed by atoms with Crippen LogP contribution in [0.3, 0.4) is 0 Å². The number of hydrogen-bond donors (Lipinski definition) is 4. The highest BCUT2D eigenvalue weighted by Gasteiger charge is 2.17. The summed E-state index contributed by atoms with van der Waals surface area (Å²) in [7, 11) is 0. The van der Waals surface area contributed by atoms with Crippen molar-refractivity contribution in [2.24, 2.45) is 0 Å². The first-order valence-electron chi connectivity index (χ1n) is 7.56. The number of benzene rings is 1. The van der Waals surface area contributed by atoms with Crippen LogP contribution in [0, 0.1) is 0 Å². The highest BCUT2D eigenvalue weighted by atomic mass is 16.4. The van der Waals surface area contributed by atoms with Crippen LogP contribution in [0.2, 0.25) is 0 Å². The van der Waals surface area contributed by atoms with Crippen molar-refractivity contribution in [3.8, 4) is 0 Å². The number of carboxylic acid groups (broad SMARTS) is 2. The smallest absolute Gasteiger partial charge is 0.352 e. The van der Waals surface area contributed by atoms with E-state index in [4.69, 9.17) is 10.2 Å². The summed E-state index contributed by atoms with van der Waals surface area (Å²) in [6.45, 7) is 1.91. The van der Waals surface area contributed by atoms with Gasteiger partial charge >= 0.3 is 11.9 Å². The number of nitrogens with one attached hydrogen (secondary N) is 2. The maximum Gasteiger partial charge on any atom is 0.352 e. The minimum Gasteiger partial charge on any atom is -0.477 e. The Morgan fingerprint density at radius 3 is 1.79 bits per heavy atom. The van der Waals surface area contributed by atoms with Gasteiger partial charge in [-0.2, -0.15) is 0 Å². The first kappa shape index (κ1) is 27.6. The van der Waals surface area contributed by atoms with Gasteiger partial charge in [0.1, 0.15) is 11.4 Å². The molecule has 1 aromatic carbocycles. The molecule has 3 aromatic rings. The van der Waals surface area contributed by atoms with Crippen molar-refractivity contribution >= 4 is 33.7 Å². The van der Waals surface area contributed by atoms with Crippen LogP contribution in [0.1, 0.15) is 39.9 Å². The average molecular weight is 414 g/mol. The van der Waals surface area contributed by atoms with Crippen LogP contribution in [0.5, 0.6) is 0 Å². The van der Waals surface area contributed by atoms with Crippen LogP contribution in [0.25, 0.3) is 21.8 Å². The Labute approximate surface area is 161 Å². The predicted octanol–water partition coefficient (Wildman–Crippen LogP) is -1.58. The SMILES string of the molecule is CCCc1cc2c(=O)cc(C(=O)O)[nH]c2c2c(=O)cc(C(=O)O)[nH]c12.O.O.O.O. The Morgan fingerprint density at radius 2 is 1.31 bits per heavy atom. The van der Waals surface area contributed by atoms with Crippen molar-refractivity contribution in [2.45, 2.75) is 19.8 Å². The number of pyridine rings is 2. The zero-order chi connectivity index (χ0) is 18.3. The number of rotatable bonds is 4. The standard InChI is InChI=1S/C17H14N2O6.4H2O/c1-2-3-7-4-8-11(20)5-9(16(22)23)19-15(8)13-12(21)6-10(17(24)25)18-14(7)13;;;;/h4-6H,2-3H2,1H3,(H,18,21)(H,19,20)(H,22,23)(H,24,25);4*1H2. The van der Waals surface area contributed by atoms with E-state index in [0.717, 1.165) is 12.1 Å². The molecular weight excluding hydrogens is 392 g/mol. The quantitative estimate of drug-likeness (QED) is 0.365. The summed E-state index contributed by atoms with van der Waals surface area (Å²) in [4.78, 5) is 52.5. The number of aryl methyl sites for hydroxylation is 1. The zero-order valence-corrected chi connectivity index (χ0v) is 15.2. The highest BCUT2D eigenvalue weighted by Crippen LogP contribution is 2.24. The molecule has 0 aliphatic carbocycles. The molecule has 0 atom stereocenters. The van der Waals surface area contributed by atoms with Crippen molar-refractivity contribution in [1.29, 1.82) is 0 Å². The number of aromatic carboxylic acids is 2. The predicted molar refractivity (Wildman–Crippen MR) is 105 cm³/mol. The highest BCUT2D eigenvalue weighted by molar-refractivity contribution is 6.07. The van der Waals surface area contributed by atoms with Crippen molar-refractivity contribution in [3.05, 3.63) is 55.6 Å². The lowest BCUT2D eigenvalue weighted by Crippen LogP contribution is -2.15. The third kappa shape index (κ3) is 4.64. The van der Waals surface area contributed by atoms with Gasteiger partial charge in [-0.15, -0.1) is 0 Å². The molecule has 2 heterocycles. The lowest BCUT2D eigenvalue weighted by Gasteiger charge is -2.11. The summed E-state index contributed by atoms with van der Waals surface area (Å²) in [5, 5.41) is 18.6. The fourth-order valence-electron chi connectivity index (χ4n) is 2.90. The van der Waals surface area contributed by atoms with Gasteiger partial charge in [0, 0.05) is 17.5 Å². The van der Waals surface area contributed by atoms with Gasteiger partial charge in [0.05, 0.1) is 16.4 Å². The summed E-state index contributed by atoms with van der Waals surface area (Å²) in [5.74, 6) is -2.61. The summed E-state index contributed by atoms with van der Waals surface area (Å²) in [5.41, 5.74) is -0.747. The molecule has 0 bridgehead atoms. The lowest BCUT2D eigenvalue weighted by molar-refractivity contribution is 0.0680. The third-order valence-corrected chi connectivity index (χ3v) is 3.97. The number of carbonyl (C=O) groups is 2. The average Bonchev–Trinajstić information content (AvgIpc) is 2.55. The molecule has 12 N–H and O–H groups in total. The van der Waals surface area contributed by atoms with E-state index in [0.29, 0.717) is 18.4 Å². The zero-order valence-electron chi connectivity index (χ0n) is 15.2. The monoisotopic (exact) mass is 414 g/mol. The minimum absolute atomic E-state index is 0. The fraction of sp³-hybridized carbons (Fsp3) is 0.176. The molecule has 12 nitrogen and oxygen atoms in total. The largest absolute Gasteiger partial charge is 0.477 e. The second kappa shape index (κ2) is 10.1. The Hall–Kier alpha value is -3.58. The maximum absolute atomic E-state index is 12.5. The molecule has 0 fully saturated rings. The maximum atomic E-state index is 12.5. The number of carboxylic acids is 2. The fourth-order valence-corrected chi connectivity index (χ4v) is 2.90. The second-order valence-corrected chi connectivity index (χ2v) is 5.66. The van der Waals surface area contributed by atoms with Crippen molar-refractivity contribution in [1.82, 2.24) is 9.97 Å². The molecule has 0 saturated carbocycles.